The number of anilines is 1. The average Bonchev–Trinajstić information content (AvgIpc) is 3.93. The lowest BCUT2D eigenvalue weighted by atomic mass is 9.93. The summed E-state index contributed by atoms with van der Waals surface area (Å²) in [4.78, 5) is 34.2. The van der Waals surface area contributed by atoms with Crippen molar-refractivity contribution in [3.8, 4) is 27.7 Å². The maximum absolute atomic E-state index is 14.9. The zero-order valence-electron chi connectivity index (χ0n) is 30.6. The average molecular weight is 799 g/mol. The van der Waals surface area contributed by atoms with E-state index in [0.717, 1.165) is 37.8 Å². The standard InChI is InChI=1S/C36H41F2N8O7PS/c1-5-50-26-13-11-25(12-14-26)46-19-29(33(43-46)32-28(37)15-16-31(38)42-32)40-34(47)30-20-55-35(41-30)24-17-39-45(18-24)21-51-54(49,53-27-9-7-6-8-10-27)44-23(4)36(48)52-22(2)3/h6-10,15-20,22-23,25-26H,5,11-14,21H2,1-4H3,(H,40,47)(H,44,49)/t23-,25-,26-,54?/m0/s1. The van der Waals surface area contributed by atoms with Crippen LogP contribution in [-0.4, -0.2) is 66.3 Å². The molecule has 6 rings (SSSR count). The predicted molar refractivity (Wildman–Crippen MR) is 199 cm³/mol. The summed E-state index contributed by atoms with van der Waals surface area (Å²) in [5.41, 5.74) is 0.388. The molecule has 2 N–H and O–H groups in total. The molecule has 55 heavy (non-hydrogen) atoms. The van der Waals surface area contributed by atoms with E-state index in [1.165, 1.54) is 29.1 Å². The zero-order valence-corrected chi connectivity index (χ0v) is 32.3. The third kappa shape index (κ3) is 10.3. The van der Waals surface area contributed by atoms with Gasteiger partial charge in [0.1, 0.15) is 33.9 Å². The number of nitrogens with zero attached hydrogens (tertiary/aromatic N) is 6. The number of para-hydroxylation sites is 1. The minimum atomic E-state index is -4.15. The van der Waals surface area contributed by atoms with Crippen molar-refractivity contribution in [2.75, 3.05) is 11.9 Å². The minimum absolute atomic E-state index is 0.0109. The molecule has 0 saturated heterocycles. The van der Waals surface area contributed by atoms with Gasteiger partial charge in [0.25, 0.3) is 5.91 Å². The Morgan fingerprint density at radius 3 is 2.51 bits per heavy atom. The smallest absolute Gasteiger partial charge is 0.461 e. The second kappa shape index (κ2) is 17.7. The lowest BCUT2D eigenvalue weighted by Crippen LogP contribution is -2.36. The summed E-state index contributed by atoms with van der Waals surface area (Å²) in [5.74, 6) is -2.67. The van der Waals surface area contributed by atoms with Crippen LogP contribution in [0.5, 0.6) is 5.75 Å². The van der Waals surface area contributed by atoms with Crippen molar-refractivity contribution < 1.29 is 41.5 Å². The molecule has 1 saturated carbocycles. The first-order valence-electron chi connectivity index (χ1n) is 17.7. The van der Waals surface area contributed by atoms with Crippen LogP contribution in [-0.2, 0) is 30.1 Å². The second-order valence-corrected chi connectivity index (χ2v) is 15.5. The van der Waals surface area contributed by atoms with Gasteiger partial charge in [-0.05, 0) is 77.6 Å². The lowest BCUT2D eigenvalue weighted by Gasteiger charge is -2.28. The number of aromatic nitrogens is 6. The van der Waals surface area contributed by atoms with Crippen molar-refractivity contribution in [2.45, 2.75) is 84.4 Å². The summed E-state index contributed by atoms with van der Waals surface area (Å²) in [6.07, 6.45) is 7.58. The van der Waals surface area contributed by atoms with Crippen LogP contribution < -0.4 is 14.9 Å². The Balaban J connectivity index is 1.16. The van der Waals surface area contributed by atoms with Crippen molar-refractivity contribution in [2.24, 2.45) is 0 Å². The van der Waals surface area contributed by atoms with Gasteiger partial charge in [-0.25, -0.2) is 23.6 Å². The van der Waals surface area contributed by atoms with Gasteiger partial charge in [-0.1, -0.05) is 18.2 Å². The first kappa shape index (κ1) is 39.8. The van der Waals surface area contributed by atoms with E-state index in [4.69, 9.17) is 18.5 Å². The van der Waals surface area contributed by atoms with Crippen molar-refractivity contribution >= 4 is 36.6 Å². The molecule has 0 spiro atoms. The summed E-state index contributed by atoms with van der Waals surface area (Å²) in [5, 5.41) is 16.2. The number of carbonyl (C=O) groups excluding carboxylic acids is 2. The molecule has 1 aliphatic rings. The zero-order chi connectivity index (χ0) is 39.1. The molecule has 292 valence electrons. The van der Waals surface area contributed by atoms with E-state index in [9.17, 15) is 22.9 Å². The number of benzene rings is 1. The molecule has 0 aliphatic heterocycles. The molecule has 1 amide bonds. The molecule has 4 heterocycles. The molecule has 1 unspecified atom stereocenters. The molecule has 0 bridgehead atoms. The van der Waals surface area contributed by atoms with Crippen LogP contribution in [0.4, 0.5) is 14.5 Å². The van der Waals surface area contributed by atoms with E-state index in [1.807, 2.05) is 6.92 Å². The number of nitrogens with one attached hydrogen (secondary N) is 2. The van der Waals surface area contributed by atoms with Gasteiger partial charge in [-0.3, -0.25) is 18.8 Å². The highest BCUT2D eigenvalue weighted by Crippen LogP contribution is 2.45. The van der Waals surface area contributed by atoms with Crippen LogP contribution in [0.1, 0.15) is 69.9 Å². The normalized spacial score (nSPS) is 17.4. The van der Waals surface area contributed by atoms with E-state index in [-0.39, 0.29) is 53.5 Å². The van der Waals surface area contributed by atoms with E-state index >= 15 is 0 Å². The molecule has 15 nitrogen and oxygen atoms in total. The Morgan fingerprint density at radius 1 is 1.02 bits per heavy atom. The van der Waals surface area contributed by atoms with Crippen LogP contribution >= 0.6 is 19.1 Å². The number of carbonyl (C=O) groups is 2. The number of pyridine rings is 1. The third-order valence-corrected chi connectivity index (χ3v) is 10.9. The van der Waals surface area contributed by atoms with E-state index < -0.39 is 37.4 Å². The van der Waals surface area contributed by atoms with Crippen molar-refractivity contribution in [3.05, 3.63) is 83.9 Å². The summed E-state index contributed by atoms with van der Waals surface area (Å²) in [6.45, 7) is 7.12. The largest absolute Gasteiger partial charge is 0.462 e. The molecule has 19 heteroatoms. The summed E-state index contributed by atoms with van der Waals surface area (Å²) >= 11 is 1.17. The third-order valence-electron chi connectivity index (χ3n) is 8.44. The number of hydrogen-bond donors (Lipinski definition) is 2. The fraction of sp³-hybridized carbons (Fsp3) is 0.389. The van der Waals surface area contributed by atoms with Gasteiger partial charge in [-0.15, -0.1) is 11.3 Å². The summed E-state index contributed by atoms with van der Waals surface area (Å²) in [7, 11) is -4.15. The number of halogens is 2. The van der Waals surface area contributed by atoms with Crippen LogP contribution in [0, 0.1) is 11.8 Å². The fourth-order valence-electron chi connectivity index (χ4n) is 5.85. The number of amides is 1. The molecule has 2 atom stereocenters. The maximum Gasteiger partial charge on any atom is 0.461 e. The van der Waals surface area contributed by atoms with Crippen molar-refractivity contribution in [1.29, 1.82) is 0 Å². The van der Waals surface area contributed by atoms with E-state index in [0.29, 0.717) is 17.2 Å². The molecule has 0 radical (unpaired) electrons. The number of rotatable bonds is 16. The van der Waals surface area contributed by atoms with Crippen molar-refractivity contribution in [3.63, 3.8) is 0 Å². The predicted octanol–water partition coefficient (Wildman–Crippen LogP) is 7.41. The molecule has 1 fully saturated rings. The van der Waals surface area contributed by atoms with Crippen LogP contribution in [0.15, 0.2) is 66.4 Å². The van der Waals surface area contributed by atoms with E-state index in [2.05, 4.69) is 30.6 Å². The summed E-state index contributed by atoms with van der Waals surface area (Å²) in [6, 6.07) is 9.15. The van der Waals surface area contributed by atoms with Gasteiger partial charge < -0.3 is 19.3 Å². The number of esters is 1. The SMILES string of the molecule is CCO[C@H]1CC[C@H](n2cc(NC(=O)c3csc(-c4cnn(COP(=O)(N[C@@H](C)C(=O)OC(C)C)Oc5ccccc5)c4)n3)c(-c3nc(F)ccc3F)n2)CC1. The first-order chi connectivity index (χ1) is 26.4. The van der Waals surface area contributed by atoms with Gasteiger partial charge >= 0.3 is 13.7 Å². The monoisotopic (exact) mass is 798 g/mol. The topological polar surface area (TPSA) is 174 Å². The van der Waals surface area contributed by atoms with Gasteiger partial charge in [0.15, 0.2) is 12.5 Å². The minimum Gasteiger partial charge on any atom is -0.462 e. The Kier molecular flexibility index (Phi) is 12.8. The van der Waals surface area contributed by atoms with Crippen LogP contribution in [0.3, 0.4) is 0 Å². The lowest BCUT2D eigenvalue weighted by molar-refractivity contribution is -0.149. The maximum atomic E-state index is 14.9. The Morgan fingerprint density at radius 2 is 1.78 bits per heavy atom. The molecule has 4 aromatic heterocycles. The highest BCUT2D eigenvalue weighted by Gasteiger charge is 2.33. The van der Waals surface area contributed by atoms with Crippen molar-refractivity contribution in [1.82, 2.24) is 34.6 Å². The highest BCUT2D eigenvalue weighted by atomic mass is 32.1. The molecule has 5 aromatic rings. The van der Waals surface area contributed by atoms with Gasteiger partial charge in [-0.2, -0.15) is 19.7 Å². The van der Waals surface area contributed by atoms with Crippen LogP contribution in [0.25, 0.3) is 22.0 Å². The quantitative estimate of drug-likeness (QED) is 0.0576. The van der Waals surface area contributed by atoms with Gasteiger partial charge in [0, 0.05) is 29.9 Å². The van der Waals surface area contributed by atoms with Crippen LogP contribution in [0.2, 0.25) is 0 Å². The Hall–Kier alpha value is -4.87. The molecule has 1 aliphatic carbocycles. The Labute approximate surface area is 320 Å². The summed E-state index contributed by atoms with van der Waals surface area (Å²) < 4.78 is 68.3. The fourth-order valence-corrected chi connectivity index (χ4v) is 8.06. The van der Waals surface area contributed by atoms with Gasteiger partial charge in [0.2, 0.25) is 5.95 Å². The number of thiazole rings is 1. The second-order valence-electron chi connectivity index (χ2n) is 13.0. The number of ether oxygens (including phenoxy) is 2. The molecular weight excluding hydrogens is 757 g/mol. The first-order valence-corrected chi connectivity index (χ1v) is 20.1. The van der Waals surface area contributed by atoms with E-state index in [1.54, 1.807) is 66.6 Å². The highest BCUT2D eigenvalue weighted by molar-refractivity contribution is 7.52. The van der Waals surface area contributed by atoms with Gasteiger partial charge in [0.05, 0.1) is 30.1 Å². The molecule has 1 aromatic carbocycles. The number of hydrogen-bond acceptors (Lipinski definition) is 12. The Bertz CT molecular complexity index is 2140. The molecular formula is C36H41F2N8O7PS.